The maximum absolute atomic E-state index is 4.24. The second-order valence-electron chi connectivity index (χ2n) is 4.69. The number of hydrazone groups is 1. The van der Waals surface area contributed by atoms with Crippen LogP contribution in [0.2, 0.25) is 0 Å². The van der Waals surface area contributed by atoms with Gasteiger partial charge in [-0.15, -0.1) is 0 Å². The molecule has 0 radical (unpaired) electrons. The number of rotatable bonds is 4. The molecule has 0 saturated heterocycles. The van der Waals surface area contributed by atoms with Crippen molar-refractivity contribution in [3.05, 3.63) is 84.4 Å². The minimum Gasteiger partial charge on any atom is -0.278 e. The molecule has 3 aromatic carbocycles. The Labute approximate surface area is 124 Å². The van der Waals surface area contributed by atoms with Crippen molar-refractivity contribution in [2.45, 2.75) is 0 Å². The summed E-state index contributed by atoms with van der Waals surface area (Å²) in [6, 6.07) is 24.6. The van der Waals surface area contributed by atoms with Gasteiger partial charge in [-0.05, 0) is 23.1 Å². The minimum atomic E-state index is 1.01. The number of fused-ring (bicyclic) bond motifs is 1. The first-order valence-corrected chi connectivity index (χ1v) is 6.92. The molecule has 0 aliphatic carbocycles. The van der Waals surface area contributed by atoms with Crippen molar-refractivity contribution in [3.63, 3.8) is 0 Å². The Hall–Kier alpha value is -2.87. The van der Waals surface area contributed by atoms with Gasteiger partial charge < -0.3 is 0 Å². The second kappa shape index (κ2) is 6.53. The van der Waals surface area contributed by atoms with Gasteiger partial charge >= 0.3 is 0 Å². The van der Waals surface area contributed by atoms with Crippen LogP contribution in [0.25, 0.3) is 16.8 Å². The number of benzene rings is 3. The van der Waals surface area contributed by atoms with Crippen LogP contribution in [0.15, 0.2) is 84.0 Å². The zero-order valence-corrected chi connectivity index (χ0v) is 11.6. The molecule has 0 spiro atoms. The lowest BCUT2D eigenvalue weighted by atomic mass is 10.1. The normalized spacial score (nSPS) is 11.4. The monoisotopic (exact) mass is 272 g/mol. The van der Waals surface area contributed by atoms with E-state index in [0.29, 0.717) is 0 Å². The van der Waals surface area contributed by atoms with Gasteiger partial charge in [0.25, 0.3) is 0 Å². The van der Waals surface area contributed by atoms with Gasteiger partial charge in [-0.25, -0.2) is 0 Å². The van der Waals surface area contributed by atoms with Crippen LogP contribution in [0, 0.1) is 0 Å². The molecule has 2 heteroatoms. The summed E-state index contributed by atoms with van der Waals surface area (Å²) in [6.45, 7) is 0. The smallest absolute Gasteiger partial charge is 0.0640 e. The van der Waals surface area contributed by atoms with Gasteiger partial charge in [0, 0.05) is 11.6 Å². The lowest BCUT2D eigenvalue weighted by Crippen LogP contribution is -1.89. The van der Waals surface area contributed by atoms with Crippen molar-refractivity contribution < 1.29 is 0 Å². The molecule has 102 valence electrons. The molecule has 2 nitrogen and oxygen atoms in total. The molecule has 0 heterocycles. The van der Waals surface area contributed by atoms with Crippen LogP contribution in [0.3, 0.4) is 0 Å². The van der Waals surface area contributed by atoms with Crippen molar-refractivity contribution in [1.29, 1.82) is 0 Å². The van der Waals surface area contributed by atoms with Crippen LogP contribution < -0.4 is 5.43 Å². The standard InChI is InChI=1S/C19H16N2/c1-2-8-16(9-3-1)10-7-15-20-21-19-14-6-12-17-11-4-5-13-18(17)19/h1-15,21H/b10-7+,20-15?. The fourth-order valence-corrected chi connectivity index (χ4v) is 2.19. The molecule has 3 aromatic rings. The van der Waals surface area contributed by atoms with Gasteiger partial charge in [0.05, 0.1) is 5.69 Å². The van der Waals surface area contributed by atoms with E-state index in [1.54, 1.807) is 6.21 Å². The lowest BCUT2D eigenvalue weighted by Gasteiger charge is -2.04. The third-order valence-electron chi connectivity index (χ3n) is 3.22. The topological polar surface area (TPSA) is 24.4 Å². The predicted molar refractivity (Wildman–Crippen MR) is 91.5 cm³/mol. The van der Waals surface area contributed by atoms with E-state index in [1.807, 2.05) is 54.6 Å². The number of hydrogen-bond donors (Lipinski definition) is 1. The van der Waals surface area contributed by atoms with Crippen LogP contribution >= 0.6 is 0 Å². The fraction of sp³-hybridized carbons (Fsp3) is 0. The number of allylic oxidation sites excluding steroid dienone is 1. The average molecular weight is 272 g/mol. The summed E-state index contributed by atoms with van der Waals surface area (Å²) in [5, 5.41) is 6.62. The van der Waals surface area contributed by atoms with E-state index in [4.69, 9.17) is 0 Å². The molecule has 0 amide bonds. The summed E-state index contributed by atoms with van der Waals surface area (Å²) >= 11 is 0. The fourth-order valence-electron chi connectivity index (χ4n) is 2.19. The lowest BCUT2D eigenvalue weighted by molar-refractivity contribution is 1.37. The molecule has 21 heavy (non-hydrogen) atoms. The number of hydrogen-bond acceptors (Lipinski definition) is 2. The highest BCUT2D eigenvalue weighted by molar-refractivity contribution is 5.94. The number of nitrogens with one attached hydrogen (secondary N) is 1. The molecule has 3 rings (SSSR count). The first-order chi connectivity index (χ1) is 10.4. The third-order valence-corrected chi connectivity index (χ3v) is 3.22. The highest BCUT2D eigenvalue weighted by Crippen LogP contribution is 2.22. The summed E-state index contributed by atoms with van der Waals surface area (Å²) in [5.74, 6) is 0. The highest BCUT2D eigenvalue weighted by atomic mass is 15.3. The van der Waals surface area contributed by atoms with Crippen molar-refractivity contribution >= 4 is 28.8 Å². The summed E-state index contributed by atoms with van der Waals surface area (Å²) in [6.07, 6.45) is 5.70. The largest absolute Gasteiger partial charge is 0.278 e. The van der Waals surface area contributed by atoms with Crippen LogP contribution in [-0.4, -0.2) is 6.21 Å². The molecule has 0 aromatic heterocycles. The van der Waals surface area contributed by atoms with Gasteiger partial charge in [-0.1, -0.05) is 72.8 Å². The van der Waals surface area contributed by atoms with E-state index in [9.17, 15) is 0 Å². The van der Waals surface area contributed by atoms with Gasteiger partial charge in [-0.2, -0.15) is 5.10 Å². The van der Waals surface area contributed by atoms with Crippen LogP contribution in [0.4, 0.5) is 5.69 Å². The number of nitrogens with zero attached hydrogens (tertiary/aromatic N) is 1. The van der Waals surface area contributed by atoms with Crippen LogP contribution in [0.1, 0.15) is 5.56 Å². The quantitative estimate of drug-likeness (QED) is 0.527. The molecule has 0 fully saturated rings. The molecule has 0 saturated carbocycles. The van der Waals surface area contributed by atoms with Gasteiger partial charge in [0.1, 0.15) is 0 Å². The van der Waals surface area contributed by atoms with E-state index < -0.39 is 0 Å². The van der Waals surface area contributed by atoms with Crippen LogP contribution in [-0.2, 0) is 0 Å². The first-order valence-electron chi connectivity index (χ1n) is 6.92. The molecule has 0 bridgehead atoms. The Balaban J connectivity index is 1.69. The number of anilines is 1. The zero-order valence-electron chi connectivity index (χ0n) is 11.6. The SMILES string of the molecule is C(/C=C/c1ccccc1)=NNc1cccc2ccccc12. The van der Waals surface area contributed by atoms with E-state index in [-0.39, 0.29) is 0 Å². The van der Waals surface area contributed by atoms with E-state index >= 15 is 0 Å². The average Bonchev–Trinajstić information content (AvgIpc) is 2.56. The van der Waals surface area contributed by atoms with E-state index in [2.05, 4.69) is 40.9 Å². The Morgan fingerprint density at radius 3 is 2.43 bits per heavy atom. The Bertz CT molecular complexity index is 768. The molecule has 1 N–H and O–H groups in total. The Morgan fingerprint density at radius 1 is 0.762 bits per heavy atom. The van der Waals surface area contributed by atoms with Crippen LogP contribution in [0.5, 0.6) is 0 Å². The minimum absolute atomic E-state index is 1.01. The maximum atomic E-state index is 4.24. The van der Waals surface area contributed by atoms with E-state index in [0.717, 1.165) is 11.3 Å². The maximum Gasteiger partial charge on any atom is 0.0640 e. The molecular weight excluding hydrogens is 256 g/mol. The Morgan fingerprint density at radius 2 is 1.52 bits per heavy atom. The second-order valence-corrected chi connectivity index (χ2v) is 4.69. The van der Waals surface area contributed by atoms with Gasteiger partial charge in [0.15, 0.2) is 0 Å². The van der Waals surface area contributed by atoms with Gasteiger partial charge in [0.2, 0.25) is 0 Å². The molecule has 0 unspecified atom stereocenters. The van der Waals surface area contributed by atoms with Gasteiger partial charge in [-0.3, -0.25) is 5.43 Å². The van der Waals surface area contributed by atoms with Crippen molar-refractivity contribution in [2.24, 2.45) is 5.10 Å². The summed E-state index contributed by atoms with van der Waals surface area (Å²) in [7, 11) is 0. The van der Waals surface area contributed by atoms with Crippen molar-refractivity contribution in [1.82, 2.24) is 0 Å². The highest BCUT2D eigenvalue weighted by Gasteiger charge is 1.97. The third kappa shape index (κ3) is 3.37. The first kappa shape index (κ1) is 13.1. The van der Waals surface area contributed by atoms with Crippen molar-refractivity contribution in [3.8, 4) is 0 Å². The molecule has 0 aliphatic rings. The summed E-state index contributed by atoms with van der Waals surface area (Å²) in [4.78, 5) is 0. The molecule has 0 atom stereocenters. The van der Waals surface area contributed by atoms with E-state index in [1.165, 1.54) is 10.8 Å². The predicted octanol–water partition coefficient (Wildman–Crippen LogP) is 4.95. The van der Waals surface area contributed by atoms with Crippen molar-refractivity contribution in [2.75, 3.05) is 5.43 Å². The Kier molecular flexibility index (Phi) is 4.08. The molecular formula is C19H16N2. The summed E-state index contributed by atoms with van der Waals surface area (Å²) in [5.41, 5.74) is 5.26. The summed E-state index contributed by atoms with van der Waals surface area (Å²) < 4.78 is 0. The molecule has 0 aliphatic heterocycles. The zero-order chi connectivity index (χ0) is 14.3.